The van der Waals surface area contributed by atoms with E-state index < -0.39 is 27.4 Å². The number of aromatic hydroxyl groups is 1. The van der Waals surface area contributed by atoms with Gasteiger partial charge in [-0.1, -0.05) is 20.8 Å². The van der Waals surface area contributed by atoms with Crippen LogP contribution in [0.25, 0.3) is 6.08 Å². The summed E-state index contributed by atoms with van der Waals surface area (Å²) in [6.07, 6.45) is 0.576. The standard InChI is InChI=1S/C23H40O7P2/c1-11-27-31(25,29-16(3)4)21(32(26,28-12-2)30-17(5)6)15-19-13-18(7)22(24)20(14-19)23(8,9)10/h13-17,24H,11-12H2,1-10H3. The van der Waals surface area contributed by atoms with Gasteiger partial charge in [0.2, 0.25) is 0 Å². The third kappa shape index (κ3) is 7.55. The summed E-state index contributed by atoms with van der Waals surface area (Å²) in [4.78, 5) is 0. The molecule has 0 saturated carbocycles. The van der Waals surface area contributed by atoms with E-state index in [1.54, 1.807) is 60.6 Å². The maximum atomic E-state index is 14.0. The topological polar surface area (TPSA) is 91.3 Å². The van der Waals surface area contributed by atoms with Crippen molar-refractivity contribution in [1.82, 2.24) is 0 Å². The van der Waals surface area contributed by atoms with Crippen molar-refractivity contribution in [3.05, 3.63) is 33.9 Å². The van der Waals surface area contributed by atoms with Crippen molar-refractivity contribution in [2.75, 3.05) is 13.2 Å². The van der Waals surface area contributed by atoms with Crippen molar-refractivity contribution in [2.45, 2.75) is 86.9 Å². The molecule has 0 amide bonds. The maximum absolute atomic E-state index is 14.0. The van der Waals surface area contributed by atoms with Gasteiger partial charge in [-0.2, -0.15) is 0 Å². The molecule has 0 saturated heterocycles. The number of rotatable bonds is 11. The Morgan fingerprint density at radius 3 is 1.75 bits per heavy atom. The van der Waals surface area contributed by atoms with Gasteiger partial charge in [0, 0.05) is 5.56 Å². The second-order valence-corrected chi connectivity index (χ2v) is 13.4. The smallest absolute Gasteiger partial charge is 0.369 e. The van der Waals surface area contributed by atoms with Gasteiger partial charge >= 0.3 is 15.2 Å². The summed E-state index contributed by atoms with van der Waals surface area (Å²) >= 11 is 0. The molecule has 0 bridgehead atoms. The fourth-order valence-electron chi connectivity index (χ4n) is 3.12. The molecule has 2 unspecified atom stereocenters. The molecule has 7 nitrogen and oxygen atoms in total. The predicted molar refractivity (Wildman–Crippen MR) is 130 cm³/mol. The largest absolute Gasteiger partial charge is 0.507 e. The molecule has 0 aliphatic rings. The molecule has 1 rings (SSSR count). The van der Waals surface area contributed by atoms with E-state index in [4.69, 9.17) is 18.1 Å². The lowest BCUT2D eigenvalue weighted by Crippen LogP contribution is -2.12. The molecule has 0 heterocycles. The Kier molecular flexibility index (Phi) is 10.4. The van der Waals surface area contributed by atoms with E-state index in [0.717, 1.165) is 0 Å². The van der Waals surface area contributed by atoms with Crippen LogP contribution in [0.1, 0.15) is 79.0 Å². The predicted octanol–water partition coefficient (Wildman–Crippen LogP) is 7.61. The number of aryl methyl sites for hydroxylation is 1. The molecule has 0 aliphatic carbocycles. The molecular weight excluding hydrogens is 450 g/mol. The average Bonchev–Trinajstić information content (AvgIpc) is 2.60. The summed E-state index contributed by atoms with van der Waals surface area (Å²) in [7, 11) is -8.11. The highest BCUT2D eigenvalue weighted by Crippen LogP contribution is 2.75. The molecule has 0 aromatic heterocycles. The van der Waals surface area contributed by atoms with Crippen LogP contribution in [0, 0.1) is 6.92 Å². The highest BCUT2D eigenvalue weighted by Gasteiger charge is 2.46. The molecule has 1 N–H and O–H groups in total. The third-order valence-electron chi connectivity index (χ3n) is 4.29. The molecule has 0 spiro atoms. The second-order valence-electron chi connectivity index (χ2n) is 9.13. The first-order valence-electron chi connectivity index (χ1n) is 11.0. The van der Waals surface area contributed by atoms with Crippen LogP contribution in [0.15, 0.2) is 17.2 Å². The van der Waals surface area contributed by atoms with Crippen LogP contribution >= 0.6 is 15.2 Å². The van der Waals surface area contributed by atoms with E-state index in [0.29, 0.717) is 16.7 Å². The van der Waals surface area contributed by atoms with Crippen molar-refractivity contribution < 1.29 is 32.3 Å². The lowest BCUT2D eigenvalue weighted by atomic mass is 9.84. The number of phenolic OH excluding ortho intramolecular Hbond substituents is 1. The normalized spacial score (nSPS) is 16.1. The van der Waals surface area contributed by atoms with Gasteiger partial charge in [-0.25, -0.2) is 0 Å². The van der Waals surface area contributed by atoms with Gasteiger partial charge in [-0.15, -0.1) is 0 Å². The fraction of sp³-hybridized carbons (Fsp3) is 0.652. The first kappa shape index (κ1) is 29.1. The Morgan fingerprint density at radius 2 is 1.41 bits per heavy atom. The zero-order chi connectivity index (χ0) is 24.9. The highest BCUT2D eigenvalue weighted by atomic mass is 31.2. The van der Waals surface area contributed by atoms with Crippen LogP contribution in [-0.4, -0.2) is 30.5 Å². The molecule has 9 heteroatoms. The van der Waals surface area contributed by atoms with Crippen LogP contribution in [-0.2, 0) is 32.6 Å². The Bertz CT molecular complexity index is 862. The van der Waals surface area contributed by atoms with Gasteiger partial charge in [-0.05, 0) is 83.2 Å². The number of hydrogen-bond donors (Lipinski definition) is 1. The maximum Gasteiger partial charge on any atom is 0.369 e. The third-order valence-corrected chi connectivity index (χ3v) is 9.73. The first-order valence-corrected chi connectivity index (χ1v) is 14.1. The SMILES string of the molecule is CCOP(=O)(OC(C)C)C(=Cc1cc(C)c(O)c(C(C)(C)C)c1)P(=O)(OCC)OC(C)C. The molecule has 1 aromatic carbocycles. The van der Waals surface area contributed by atoms with Crippen molar-refractivity contribution in [2.24, 2.45) is 0 Å². The number of hydrogen-bond acceptors (Lipinski definition) is 7. The summed E-state index contributed by atoms with van der Waals surface area (Å²) in [5, 5.41) is 10.4. The average molecular weight is 491 g/mol. The summed E-state index contributed by atoms with van der Waals surface area (Å²) in [5.74, 6) is 0.189. The Morgan fingerprint density at radius 1 is 0.969 bits per heavy atom. The second kappa shape index (κ2) is 11.5. The first-order chi connectivity index (χ1) is 14.6. The summed E-state index contributed by atoms with van der Waals surface area (Å²) in [6, 6.07) is 3.50. The summed E-state index contributed by atoms with van der Waals surface area (Å²) in [6.45, 7) is 18.1. The van der Waals surface area contributed by atoms with Crippen molar-refractivity contribution in [3.63, 3.8) is 0 Å². The molecule has 2 atom stereocenters. The van der Waals surface area contributed by atoms with Gasteiger partial charge in [0.1, 0.15) is 5.75 Å². The molecule has 32 heavy (non-hydrogen) atoms. The quantitative estimate of drug-likeness (QED) is 0.319. The highest BCUT2D eigenvalue weighted by molar-refractivity contribution is 7.79. The Hall–Kier alpha value is -0.940. The van der Waals surface area contributed by atoms with Gasteiger partial charge in [0.15, 0.2) is 5.06 Å². The lowest BCUT2D eigenvalue weighted by molar-refractivity contribution is 0.168. The minimum atomic E-state index is -4.06. The van der Waals surface area contributed by atoms with Crippen LogP contribution in [0.2, 0.25) is 0 Å². The van der Waals surface area contributed by atoms with Crippen LogP contribution in [0.3, 0.4) is 0 Å². The van der Waals surface area contributed by atoms with E-state index in [9.17, 15) is 14.2 Å². The Balaban J connectivity index is 3.95. The van der Waals surface area contributed by atoms with E-state index in [-0.39, 0.29) is 29.4 Å². The van der Waals surface area contributed by atoms with E-state index >= 15 is 0 Å². The number of benzene rings is 1. The zero-order valence-electron chi connectivity index (χ0n) is 21.1. The van der Waals surface area contributed by atoms with Crippen molar-refractivity contribution in [3.8, 4) is 5.75 Å². The summed E-state index contributed by atoms with van der Waals surface area (Å²) in [5.41, 5.74) is 1.57. The minimum absolute atomic E-state index is 0.0803. The summed E-state index contributed by atoms with van der Waals surface area (Å²) < 4.78 is 50.6. The van der Waals surface area contributed by atoms with Crippen LogP contribution in [0.5, 0.6) is 5.75 Å². The molecule has 0 fully saturated rings. The molecule has 1 aromatic rings. The minimum Gasteiger partial charge on any atom is -0.507 e. The van der Waals surface area contributed by atoms with Crippen molar-refractivity contribution in [1.29, 1.82) is 0 Å². The van der Waals surface area contributed by atoms with E-state index in [2.05, 4.69) is 0 Å². The Labute approximate surface area is 193 Å². The van der Waals surface area contributed by atoms with Crippen molar-refractivity contribution >= 4 is 21.3 Å². The van der Waals surface area contributed by atoms with Gasteiger partial charge < -0.3 is 23.2 Å². The van der Waals surface area contributed by atoms with E-state index in [1.807, 2.05) is 20.8 Å². The molecular formula is C23H40O7P2. The lowest BCUT2D eigenvalue weighted by Gasteiger charge is -2.29. The van der Waals surface area contributed by atoms with E-state index in [1.165, 1.54) is 6.08 Å². The zero-order valence-corrected chi connectivity index (χ0v) is 22.9. The fourth-order valence-corrected chi connectivity index (χ4v) is 7.95. The van der Waals surface area contributed by atoms with Gasteiger partial charge in [0.05, 0.1) is 25.4 Å². The molecule has 0 radical (unpaired) electrons. The molecule has 0 aliphatic heterocycles. The van der Waals surface area contributed by atoms with Crippen LogP contribution in [0.4, 0.5) is 0 Å². The monoisotopic (exact) mass is 490 g/mol. The van der Waals surface area contributed by atoms with Gasteiger partial charge in [0.25, 0.3) is 0 Å². The van der Waals surface area contributed by atoms with Gasteiger partial charge in [-0.3, -0.25) is 9.13 Å². The number of phenols is 1. The molecule has 184 valence electrons. The van der Waals surface area contributed by atoms with Crippen LogP contribution < -0.4 is 0 Å².